The lowest BCUT2D eigenvalue weighted by atomic mass is 9.99. The molecule has 0 aliphatic carbocycles. The molecule has 7 heteroatoms. The predicted octanol–water partition coefficient (Wildman–Crippen LogP) is 1.75. The Morgan fingerprint density at radius 1 is 1.42 bits per heavy atom. The Morgan fingerprint density at radius 3 is 3.16 bits per heavy atom. The van der Waals surface area contributed by atoms with Crippen LogP contribution in [0.1, 0.15) is 25.7 Å². The Balaban J connectivity index is 2.03. The summed E-state index contributed by atoms with van der Waals surface area (Å²) in [5.41, 5.74) is 1.40. The van der Waals surface area contributed by atoms with Crippen LogP contribution in [-0.4, -0.2) is 44.2 Å². The van der Waals surface area contributed by atoms with Crippen molar-refractivity contribution in [1.29, 1.82) is 0 Å². The fourth-order valence-corrected chi connectivity index (χ4v) is 2.89. The van der Waals surface area contributed by atoms with Crippen LogP contribution in [0, 0.1) is 0 Å². The molecular weight excluding hydrogens is 266 g/mol. The Bertz CT molecular complexity index is 570. The summed E-state index contributed by atoms with van der Waals surface area (Å²) < 4.78 is 0. The van der Waals surface area contributed by atoms with Crippen LogP contribution in [0.4, 0.5) is 5.82 Å². The lowest BCUT2D eigenvalue weighted by Gasteiger charge is -2.36. The van der Waals surface area contributed by atoms with Gasteiger partial charge in [0.2, 0.25) is 5.28 Å². The minimum Gasteiger partial charge on any atom is -0.396 e. The maximum atomic E-state index is 9.21. The number of nitrogens with one attached hydrogen (secondary N) is 1. The first-order valence-corrected chi connectivity index (χ1v) is 6.91. The fraction of sp³-hybridized carbons (Fsp3) is 0.583. The average molecular weight is 282 g/mol. The van der Waals surface area contributed by atoms with Crippen LogP contribution in [0.2, 0.25) is 5.28 Å². The smallest absolute Gasteiger partial charge is 0.226 e. The van der Waals surface area contributed by atoms with Crippen molar-refractivity contribution < 1.29 is 5.11 Å². The Kier molecular flexibility index (Phi) is 3.52. The summed E-state index contributed by atoms with van der Waals surface area (Å²) in [7, 11) is 0. The molecule has 1 aliphatic rings. The van der Waals surface area contributed by atoms with E-state index in [2.05, 4.69) is 24.8 Å². The van der Waals surface area contributed by atoms with E-state index in [0.29, 0.717) is 11.7 Å². The highest BCUT2D eigenvalue weighted by molar-refractivity contribution is 6.28. The highest BCUT2D eigenvalue weighted by Crippen LogP contribution is 2.29. The van der Waals surface area contributed by atoms with E-state index in [1.165, 1.54) is 6.42 Å². The van der Waals surface area contributed by atoms with Gasteiger partial charge in [0, 0.05) is 19.2 Å². The molecule has 0 bridgehead atoms. The number of aliphatic hydroxyl groups is 1. The third-order valence-electron chi connectivity index (χ3n) is 3.60. The van der Waals surface area contributed by atoms with Crippen molar-refractivity contribution in [2.75, 3.05) is 18.1 Å². The highest BCUT2D eigenvalue weighted by atomic mass is 35.5. The van der Waals surface area contributed by atoms with Gasteiger partial charge in [0.05, 0.1) is 6.33 Å². The number of aliphatic hydroxyl groups excluding tert-OH is 1. The third-order valence-corrected chi connectivity index (χ3v) is 3.77. The number of aromatic nitrogens is 4. The van der Waals surface area contributed by atoms with E-state index >= 15 is 0 Å². The molecule has 0 amide bonds. The predicted molar refractivity (Wildman–Crippen MR) is 73.4 cm³/mol. The zero-order valence-electron chi connectivity index (χ0n) is 10.5. The number of hydrogen-bond acceptors (Lipinski definition) is 5. The topological polar surface area (TPSA) is 77.9 Å². The number of H-pyrrole nitrogens is 1. The van der Waals surface area contributed by atoms with Crippen molar-refractivity contribution in [3.63, 3.8) is 0 Å². The molecular formula is C12H16ClN5O. The summed E-state index contributed by atoms with van der Waals surface area (Å²) in [5.74, 6) is 0.797. The van der Waals surface area contributed by atoms with Gasteiger partial charge in [-0.3, -0.25) is 0 Å². The second-order valence-electron chi connectivity index (χ2n) is 4.77. The number of anilines is 1. The van der Waals surface area contributed by atoms with Crippen molar-refractivity contribution in [2.45, 2.75) is 31.7 Å². The maximum Gasteiger partial charge on any atom is 0.226 e. The molecule has 2 aromatic heterocycles. The number of hydrogen-bond donors (Lipinski definition) is 2. The molecule has 0 saturated carbocycles. The van der Waals surface area contributed by atoms with Gasteiger partial charge >= 0.3 is 0 Å². The van der Waals surface area contributed by atoms with Crippen LogP contribution < -0.4 is 4.90 Å². The molecule has 102 valence electrons. The summed E-state index contributed by atoms with van der Waals surface area (Å²) in [6.07, 6.45) is 5.73. The molecule has 1 unspecified atom stereocenters. The van der Waals surface area contributed by atoms with Gasteiger partial charge in [-0.05, 0) is 37.3 Å². The summed E-state index contributed by atoms with van der Waals surface area (Å²) in [6.45, 7) is 1.11. The Morgan fingerprint density at radius 2 is 2.32 bits per heavy atom. The van der Waals surface area contributed by atoms with Gasteiger partial charge in [-0.1, -0.05) is 0 Å². The van der Waals surface area contributed by atoms with Gasteiger partial charge in [-0.15, -0.1) is 0 Å². The van der Waals surface area contributed by atoms with Crippen LogP contribution in [0.25, 0.3) is 11.2 Å². The van der Waals surface area contributed by atoms with E-state index in [0.717, 1.165) is 37.1 Å². The summed E-state index contributed by atoms with van der Waals surface area (Å²) in [6, 6.07) is 0.302. The molecule has 3 rings (SSSR count). The standard InChI is InChI=1S/C12H16ClN5O/c13-12-16-10-9(14-7-15-10)11(17-12)18-5-2-1-3-8(18)4-6-19/h7-8,19H,1-6H2,(H,14,15,16,17). The molecule has 19 heavy (non-hydrogen) atoms. The van der Waals surface area contributed by atoms with Gasteiger partial charge < -0.3 is 15.0 Å². The lowest BCUT2D eigenvalue weighted by molar-refractivity contribution is 0.262. The number of nitrogens with zero attached hydrogens (tertiary/aromatic N) is 4. The third kappa shape index (κ3) is 2.37. The van der Waals surface area contributed by atoms with Crippen molar-refractivity contribution >= 4 is 28.6 Å². The lowest BCUT2D eigenvalue weighted by Crippen LogP contribution is -2.40. The van der Waals surface area contributed by atoms with Gasteiger partial charge in [-0.2, -0.15) is 9.97 Å². The molecule has 3 heterocycles. The average Bonchev–Trinajstić information content (AvgIpc) is 2.87. The second-order valence-corrected chi connectivity index (χ2v) is 5.11. The van der Waals surface area contributed by atoms with Crippen molar-refractivity contribution in [2.24, 2.45) is 0 Å². The van der Waals surface area contributed by atoms with Crippen molar-refractivity contribution in [3.05, 3.63) is 11.6 Å². The van der Waals surface area contributed by atoms with Crippen LogP contribution in [0.5, 0.6) is 0 Å². The number of aromatic amines is 1. The summed E-state index contributed by atoms with van der Waals surface area (Å²) in [5, 5.41) is 9.42. The highest BCUT2D eigenvalue weighted by Gasteiger charge is 2.26. The SMILES string of the molecule is OCCC1CCCCN1c1nc(Cl)nc2nc[nH]c12. The largest absolute Gasteiger partial charge is 0.396 e. The maximum absolute atomic E-state index is 9.21. The van der Waals surface area contributed by atoms with Crippen LogP contribution in [0.3, 0.4) is 0 Å². The first-order valence-electron chi connectivity index (χ1n) is 6.53. The van der Waals surface area contributed by atoms with Crippen LogP contribution in [0.15, 0.2) is 6.33 Å². The zero-order valence-corrected chi connectivity index (χ0v) is 11.3. The molecule has 2 N–H and O–H groups in total. The first-order chi connectivity index (χ1) is 9.29. The van der Waals surface area contributed by atoms with E-state index in [1.54, 1.807) is 6.33 Å². The van der Waals surface area contributed by atoms with Crippen molar-refractivity contribution in [1.82, 2.24) is 19.9 Å². The number of fused-ring (bicyclic) bond motifs is 1. The summed E-state index contributed by atoms with van der Waals surface area (Å²) in [4.78, 5) is 17.9. The van der Waals surface area contributed by atoms with Crippen molar-refractivity contribution in [3.8, 4) is 0 Å². The molecule has 6 nitrogen and oxygen atoms in total. The van der Waals surface area contributed by atoms with E-state index in [-0.39, 0.29) is 11.9 Å². The van der Waals surface area contributed by atoms with Gasteiger partial charge in [0.1, 0.15) is 5.52 Å². The summed E-state index contributed by atoms with van der Waals surface area (Å²) >= 11 is 5.97. The molecule has 1 aliphatic heterocycles. The van der Waals surface area contributed by atoms with E-state index in [9.17, 15) is 5.11 Å². The minimum absolute atomic E-state index is 0.187. The molecule has 0 radical (unpaired) electrons. The van der Waals surface area contributed by atoms with E-state index in [1.807, 2.05) is 0 Å². The number of piperidine rings is 1. The number of imidazole rings is 1. The monoisotopic (exact) mass is 281 g/mol. The Hall–Kier alpha value is -1.40. The van der Waals surface area contributed by atoms with Gasteiger partial charge in [0.25, 0.3) is 0 Å². The molecule has 0 spiro atoms. The van der Waals surface area contributed by atoms with Crippen LogP contribution >= 0.6 is 11.6 Å². The van der Waals surface area contributed by atoms with E-state index < -0.39 is 0 Å². The number of halogens is 1. The molecule has 1 saturated heterocycles. The minimum atomic E-state index is 0.187. The molecule has 1 fully saturated rings. The van der Waals surface area contributed by atoms with Gasteiger partial charge in [0.15, 0.2) is 11.5 Å². The first kappa shape index (κ1) is 12.6. The quantitative estimate of drug-likeness (QED) is 0.838. The molecule has 2 aromatic rings. The van der Waals surface area contributed by atoms with E-state index in [4.69, 9.17) is 11.6 Å². The zero-order chi connectivity index (χ0) is 13.2. The molecule has 0 aromatic carbocycles. The Labute approximate surface area is 115 Å². The van der Waals surface area contributed by atoms with Crippen LogP contribution in [-0.2, 0) is 0 Å². The fourth-order valence-electron chi connectivity index (χ4n) is 2.73. The second kappa shape index (κ2) is 5.30. The normalized spacial score (nSPS) is 20.1. The molecule has 1 atom stereocenters. The van der Waals surface area contributed by atoms with Gasteiger partial charge in [-0.25, -0.2) is 4.98 Å². The number of rotatable bonds is 3.